The van der Waals surface area contributed by atoms with Crippen molar-refractivity contribution < 1.29 is 18.7 Å². The zero-order chi connectivity index (χ0) is 17.1. The SMILES string of the molecule is O=C(CN1CCC(O)CC1)Nc1nc(-c2cc(F)ccc2F)cs1. The van der Waals surface area contributed by atoms with Gasteiger partial charge in [-0.3, -0.25) is 9.69 Å². The van der Waals surface area contributed by atoms with Crippen LogP contribution in [-0.2, 0) is 4.79 Å². The average Bonchev–Trinajstić information content (AvgIpc) is 3.00. The number of amides is 1. The molecule has 2 heterocycles. The molecule has 1 aromatic heterocycles. The number of aliphatic hydroxyl groups is 1. The maximum absolute atomic E-state index is 13.8. The summed E-state index contributed by atoms with van der Waals surface area (Å²) in [5.74, 6) is -1.32. The van der Waals surface area contributed by atoms with E-state index in [4.69, 9.17) is 0 Å². The second kappa shape index (κ2) is 7.33. The monoisotopic (exact) mass is 353 g/mol. The smallest absolute Gasteiger partial charge is 0.240 e. The molecule has 0 spiro atoms. The van der Waals surface area contributed by atoms with E-state index in [-0.39, 0.29) is 29.8 Å². The number of nitrogens with one attached hydrogen (secondary N) is 1. The molecule has 0 aliphatic carbocycles. The van der Waals surface area contributed by atoms with Crippen LogP contribution in [0.3, 0.4) is 0 Å². The Morgan fingerprint density at radius 1 is 1.38 bits per heavy atom. The van der Waals surface area contributed by atoms with Crippen molar-refractivity contribution >= 4 is 22.4 Å². The molecule has 0 radical (unpaired) electrons. The summed E-state index contributed by atoms with van der Waals surface area (Å²) >= 11 is 1.16. The van der Waals surface area contributed by atoms with Crippen molar-refractivity contribution in [1.29, 1.82) is 0 Å². The highest BCUT2D eigenvalue weighted by atomic mass is 32.1. The second-order valence-corrected chi connectivity index (χ2v) is 6.58. The summed E-state index contributed by atoms with van der Waals surface area (Å²) in [5.41, 5.74) is 0.352. The third kappa shape index (κ3) is 4.14. The van der Waals surface area contributed by atoms with Gasteiger partial charge in [0.05, 0.1) is 18.3 Å². The number of aliphatic hydroxyl groups excluding tert-OH is 1. The molecule has 8 heteroatoms. The summed E-state index contributed by atoms with van der Waals surface area (Å²) in [6.07, 6.45) is 1.04. The number of likely N-dealkylation sites (tertiary alicyclic amines) is 1. The molecule has 3 rings (SSSR count). The van der Waals surface area contributed by atoms with Crippen LogP contribution < -0.4 is 5.32 Å². The molecule has 1 amide bonds. The fraction of sp³-hybridized carbons (Fsp3) is 0.375. The zero-order valence-corrected chi connectivity index (χ0v) is 13.7. The van der Waals surface area contributed by atoms with Crippen LogP contribution in [0.25, 0.3) is 11.3 Å². The van der Waals surface area contributed by atoms with E-state index in [0.29, 0.717) is 31.1 Å². The van der Waals surface area contributed by atoms with Crippen LogP contribution in [0.5, 0.6) is 0 Å². The first kappa shape index (κ1) is 16.9. The molecular formula is C16H17F2N3O2S. The Morgan fingerprint density at radius 2 is 2.12 bits per heavy atom. The molecule has 1 aromatic carbocycles. The van der Waals surface area contributed by atoms with Crippen molar-refractivity contribution in [2.45, 2.75) is 18.9 Å². The van der Waals surface area contributed by atoms with Gasteiger partial charge < -0.3 is 10.4 Å². The summed E-state index contributed by atoms with van der Waals surface area (Å²) in [5, 5.41) is 14.0. The number of rotatable bonds is 4. The van der Waals surface area contributed by atoms with Crippen LogP contribution >= 0.6 is 11.3 Å². The lowest BCUT2D eigenvalue weighted by Gasteiger charge is -2.28. The van der Waals surface area contributed by atoms with Crippen molar-refractivity contribution in [3.05, 3.63) is 35.2 Å². The van der Waals surface area contributed by atoms with Gasteiger partial charge in [0.15, 0.2) is 5.13 Å². The van der Waals surface area contributed by atoms with Gasteiger partial charge in [0.25, 0.3) is 0 Å². The van der Waals surface area contributed by atoms with Crippen LogP contribution in [0.15, 0.2) is 23.6 Å². The van der Waals surface area contributed by atoms with Gasteiger partial charge in [-0.15, -0.1) is 11.3 Å². The van der Waals surface area contributed by atoms with E-state index in [1.54, 1.807) is 5.38 Å². The molecule has 128 valence electrons. The molecular weight excluding hydrogens is 336 g/mol. The molecule has 24 heavy (non-hydrogen) atoms. The Balaban J connectivity index is 1.61. The molecule has 1 aliphatic heterocycles. The standard InChI is InChI=1S/C16H17F2N3O2S/c17-10-1-2-13(18)12(7-10)14-9-24-16(19-14)20-15(23)8-21-5-3-11(22)4-6-21/h1-2,7,9,11,22H,3-6,8H2,(H,19,20,23). The van der Waals surface area contributed by atoms with Gasteiger partial charge in [-0.1, -0.05) is 0 Å². The van der Waals surface area contributed by atoms with Crippen LogP contribution in [0.2, 0.25) is 0 Å². The minimum Gasteiger partial charge on any atom is -0.393 e. The third-order valence-corrected chi connectivity index (χ3v) is 4.64. The van der Waals surface area contributed by atoms with Gasteiger partial charge in [0, 0.05) is 24.0 Å². The van der Waals surface area contributed by atoms with Gasteiger partial charge in [-0.05, 0) is 31.0 Å². The van der Waals surface area contributed by atoms with Crippen molar-refractivity contribution in [2.24, 2.45) is 0 Å². The molecule has 2 N–H and O–H groups in total. The highest BCUT2D eigenvalue weighted by Crippen LogP contribution is 2.27. The highest BCUT2D eigenvalue weighted by Gasteiger charge is 2.19. The number of hydrogen-bond acceptors (Lipinski definition) is 5. The number of halogens is 2. The molecule has 5 nitrogen and oxygen atoms in total. The molecule has 0 bridgehead atoms. The normalized spacial score (nSPS) is 16.3. The summed E-state index contributed by atoms with van der Waals surface area (Å²) < 4.78 is 27.0. The van der Waals surface area contributed by atoms with E-state index in [0.717, 1.165) is 29.5 Å². The average molecular weight is 353 g/mol. The van der Waals surface area contributed by atoms with Crippen molar-refractivity contribution in [3.8, 4) is 11.3 Å². The number of thiazole rings is 1. The van der Waals surface area contributed by atoms with E-state index in [1.165, 1.54) is 0 Å². The first-order chi connectivity index (χ1) is 11.5. The number of anilines is 1. The van der Waals surface area contributed by atoms with Gasteiger partial charge in [-0.2, -0.15) is 0 Å². The topological polar surface area (TPSA) is 65.5 Å². The second-order valence-electron chi connectivity index (χ2n) is 5.72. The van der Waals surface area contributed by atoms with Crippen molar-refractivity contribution in [2.75, 3.05) is 25.0 Å². The zero-order valence-electron chi connectivity index (χ0n) is 12.8. The quantitative estimate of drug-likeness (QED) is 0.886. The van der Waals surface area contributed by atoms with Crippen LogP contribution in [0, 0.1) is 11.6 Å². The molecule has 1 aliphatic rings. The highest BCUT2D eigenvalue weighted by molar-refractivity contribution is 7.14. The predicted molar refractivity (Wildman–Crippen MR) is 87.8 cm³/mol. The Morgan fingerprint density at radius 3 is 2.88 bits per heavy atom. The third-order valence-electron chi connectivity index (χ3n) is 3.88. The Hall–Kier alpha value is -1.90. The van der Waals surface area contributed by atoms with Crippen molar-refractivity contribution in [3.63, 3.8) is 0 Å². The maximum atomic E-state index is 13.8. The molecule has 0 atom stereocenters. The number of carbonyl (C=O) groups is 1. The van der Waals surface area contributed by atoms with Crippen LogP contribution in [0.1, 0.15) is 12.8 Å². The van der Waals surface area contributed by atoms with Crippen LogP contribution in [-0.4, -0.2) is 46.6 Å². The number of piperidine rings is 1. The number of aromatic nitrogens is 1. The lowest BCUT2D eigenvalue weighted by atomic mass is 10.1. The Bertz CT molecular complexity index is 730. The lowest BCUT2D eigenvalue weighted by Crippen LogP contribution is -2.40. The van der Waals surface area contributed by atoms with Crippen LogP contribution in [0.4, 0.5) is 13.9 Å². The fourth-order valence-corrected chi connectivity index (χ4v) is 3.31. The van der Waals surface area contributed by atoms with E-state index in [9.17, 15) is 18.7 Å². The van der Waals surface area contributed by atoms with Gasteiger partial charge in [0.2, 0.25) is 5.91 Å². The number of nitrogens with zero attached hydrogens (tertiary/aromatic N) is 2. The summed E-state index contributed by atoms with van der Waals surface area (Å²) in [7, 11) is 0. The molecule has 1 fully saturated rings. The van der Waals surface area contributed by atoms with Gasteiger partial charge >= 0.3 is 0 Å². The number of hydrogen-bond donors (Lipinski definition) is 2. The number of benzene rings is 1. The Labute approximate surface area is 141 Å². The Kier molecular flexibility index (Phi) is 5.17. The van der Waals surface area contributed by atoms with E-state index in [1.807, 2.05) is 4.90 Å². The minimum absolute atomic E-state index is 0.0665. The van der Waals surface area contributed by atoms with Gasteiger partial charge in [0.1, 0.15) is 11.6 Å². The molecule has 0 unspecified atom stereocenters. The minimum atomic E-state index is -0.563. The first-order valence-corrected chi connectivity index (χ1v) is 8.50. The lowest BCUT2D eigenvalue weighted by molar-refractivity contribution is -0.117. The summed E-state index contributed by atoms with van der Waals surface area (Å²) in [6.45, 7) is 1.56. The van der Waals surface area contributed by atoms with E-state index < -0.39 is 11.6 Å². The summed E-state index contributed by atoms with van der Waals surface area (Å²) in [4.78, 5) is 18.2. The van der Waals surface area contributed by atoms with Gasteiger partial charge in [-0.25, -0.2) is 13.8 Å². The van der Waals surface area contributed by atoms with E-state index >= 15 is 0 Å². The maximum Gasteiger partial charge on any atom is 0.240 e. The fourth-order valence-electron chi connectivity index (χ4n) is 2.59. The first-order valence-electron chi connectivity index (χ1n) is 7.62. The summed E-state index contributed by atoms with van der Waals surface area (Å²) in [6, 6.07) is 3.17. The van der Waals surface area contributed by atoms with E-state index in [2.05, 4.69) is 10.3 Å². The predicted octanol–water partition coefficient (Wildman–Crippen LogP) is 2.48. The molecule has 2 aromatic rings. The molecule has 1 saturated heterocycles. The largest absolute Gasteiger partial charge is 0.393 e. The molecule has 0 saturated carbocycles. The van der Waals surface area contributed by atoms with Crippen molar-refractivity contribution in [1.82, 2.24) is 9.88 Å². The number of carbonyl (C=O) groups excluding carboxylic acids is 1.